The molecule has 1 fully saturated rings. The molecule has 4 aromatic carbocycles. The lowest BCUT2D eigenvalue weighted by molar-refractivity contribution is -0.128. The molecule has 7 nitrogen and oxygen atoms in total. The second-order valence-corrected chi connectivity index (χ2v) is 11.8. The molecule has 0 aromatic heterocycles. The van der Waals surface area contributed by atoms with Gasteiger partial charge in [-0.1, -0.05) is 60.7 Å². The number of nitrogens with one attached hydrogen (secondary N) is 2. The average molecular weight is 558 g/mol. The van der Waals surface area contributed by atoms with Crippen LogP contribution in [0.25, 0.3) is 0 Å². The highest BCUT2D eigenvalue weighted by Gasteiger charge is 2.32. The van der Waals surface area contributed by atoms with E-state index in [-0.39, 0.29) is 22.1 Å². The molecule has 1 saturated heterocycles. The number of carbonyl (C=O) groups is 2. The minimum Gasteiger partial charge on any atom is -0.326 e. The minimum atomic E-state index is -3.74. The number of amides is 2. The van der Waals surface area contributed by atoms with Crippen LogP contribution in [0, 0.1) is 0 Å². The van der Waals surface area contributed by atoms with E-state index in [1.165, 1.54) is 17.7 Å². The maximum atomic E-state index is 12.8. The monoisotopic (exact) mass is 557 g/mol. The van der Waals surface area contributed by atoms with Gasteiger partial charge in [0.2, 0.25) is 5.91 Å². The Balaban J connectivity index is 1.21. The Morgan fingerprint density at radius 2 is 1.46 bits per heavy atom. The standard InChI is InChI=1S/C30H27N3O4S2/c34-28-21-38-30(33(28)20-19-22-7-3-1-4-8-22)24-13-11-23(12-14-24)29(35)31-25-15-17-27(18-16-25)39(36,37)32-26-9-5-2-6-10-26/h1-18,30,32H,19-21H2,(H,31,35)/t30-/m0/s1. The summed E-state index contributed by atoms with van der Waals surface area (Å²) in [5.74, 6) is 0.247. The zero-order chi connectivity index (χ0) is 27.2. The van der Waals surface area contributed by atoms with Crippen LogP contribution in [0.4, 0.5) is 11.4 Å². The lowest BCUT2D eigenvalue weighted by Gasteiger charge is -2.24. The smallest absolute Gasteiger partial charge is 0.261 e. The zero-order valence-electron chi connectivity index (χ0n) is 21.0. The Morgan fingerprint density at radius 3 is 2.13 bits per heavy atom. The Morgan fingerprint density at radius 1 is 0.821 bits per heavy atom. The van der Waals surface area contributed by atoms with Crippen LogP contribution < -0.4 is 10.0 Å². The van der Waals surface area contributed by atoms with E-state index in [0.717, 1.165) is 12.0 Å². The molecule has 2 amide bonds. The number of para-hydroxylation sites is 1. The van der Waals surface area contributed by atoms with E-state index < -0.39 is 10.0 Å². The van der Waals surface area contributed by atoms with Gasteiger partial charge < -0.3 is 10.2 Å². The molecule has 0 saturated carbocycles. The maximum Gasteiger partial charge on any atom is 0.261 e. The van der Waals surface area contributed by atoms with Gasteiger partial charge in [0.15, 0.2) is 0 Å². The van der Waals surface area contributed by atoms with Gasteiger partial charge in [-0.05, 0) is 66.1 Å². The zero-order valence-corrected chi connectivity index (χ0v) is 22.6. The van der Waals surface area contributed by atoms with E-state index in [1.54, 1.807) is 66.4 Å². The summed E-state index contributed by atoms with van der Waals surface area (Å²) in [4.78, 5) is 27.4. The molecule has 0 radical (unpaired) electrons. The third-order valence-corrected chi connectivity index (χ3v) is 9.01. The summed E-state index contributed by atoms with van der Waals surface area (Å²) in [5.41, 5.74) is 3.57. The van der Waals surface area contributed by atoms with Crippen molar-refractivity contribution < 1.29 is 18.0 Å². The van der Waals surface area contributed by atoms with Crippen molar-refractivity contribution in [1.82, 2.24) is 4.90 Å². The van der Waals surface area contributed by atoms with Crippen LogP contribution >= 0.6 is 11.8 Å². The van der Waals surface area contributed by atoms with Crippen molar-refractivity contribution in [3.8, 4) is 0 Å². The Labute approximate surface area is 232 Å². The van der Waals surface area contributed by atoms with Crippen LogP contribution in [-0.4, -0.2) is 37.4 Å². The van der Waals surface area contributed by atoms with Gasteiger partial charge >= 0.3 is 0 Å². The van der Waals surface area contributed by atoms with Gasteiger partial charge in [-0.15, -0.1) is 11.8 Å². The SMILES string of the molecule is O=C(Nc1ccc(S(=O)(=O)Nc2ccccc2)cc1)c1ccc([C@@H]2SCC(=O)N2CCc2ccccc2)cc1. The first-order chi connectivity index (χ1) is 18.9. The van der Waals surface area contributed by atoms with E-state index >= 15 is 0 Å². The first-order valence-corrected chi connectivity index (χ1v) is 15.0. The van der Waals surface area contributed by atoms with E-state index in [2.05, 4.69) is 22.2 Å². The van der Waals surface area contributed by atoms with Crippen LogP contribution in [0.15, 0.2) is 114 Å². The highest BCUT2D eigenvalue weighted by Crippen LogP contribution is 2.38. The number of hydrogen-bond acceptors (Lipinski definition) is 5. The lowest BCUT2D eigenvalue weighted by Crippen LogP contribution is -2.30. The quantitative estimate of drug-likeness (QED) is 0.281. The molecule has 1 atom stereocenters. The van der Waals surface area contributed by atoms with Gasteiger partial charge in [0, 0.05) is 23.5 Å². The van der Waals surface area contributed by atoms with E-state index in [4.69, 9.17) is 0 Å². The molecule has 198 valence electrons. The molecule has 1 aliphatic rings. The largest absolute Gasteiger partial charge is 0.326 e. The summed E-state index contributed by atoms with van der Waals surface area (Å²) in [5, 5.41) is 2.72. The third kappa shape index (κ3) is 6.50. The molecular formula is C30H27N3O4S2. The summed E-state index contributed by atoms with van der Waals surface area (Å²) in [6, 6.07) is 32.0. The Bertz CT molecular complexity index is 1540. The molecule has 1 heterocycles. The molecule has 5 rings (SSSR count). The summed E-state index contributed by atoms with van der Waals surface area (Å²) >= 11 is 1.59. The molecule has 2 N–H and O–H groups in total. The average Bonchev–Trinajstić information content (AvgIpc) is 3.33. The van der Waals surface area contributed by atoms with Crippen molar-refractivity contribution in [2.45, 2.75) is 16.7 Å². The van der Waals surface area contributed by atoms with Crippen LogP contribution in [0.5, 0.6) is 0 Å². The van der Waals surface area contributed by atoms with Crippen molar-refractivity contribution in [2.24, 2.45) is 0 Å². The number of carbonyl (C=O) groups excluding carboxylic acids is 2. The normalized spacial score (nSPS) is 15.2. The molecule has 0 aliphatic carbocycles. The van der Waals surface area contributed by atoms with Gasteiger partial charge in [0.1, 0.15) is 5.37 Å². The van der Waals surface area contributed by atoms with Crippen LogP contribution in [0.2, 0.25) is 0 Å². The molecule has 9 heteroatoms. The molecule has 4 aromatic rings. The molecule has 0 unspecified atom stereocenters. The van der Waals surface area contributed by atoms with Gasteiger partial charge in [-0.3, -0.25) is 14.3 Å². The lowest BCUT2D eigenvalue weighted by atomic mass is 10.1. The number of anilines is 2. The van der Waals surface area contributed by atoms with Gasteiger partial charge in [0.05, 0.1) is 10.6 Å². The van der Waals surface area contributed by atoms with Crippen molar-refractivity contribution in [2.75, 3.05) is 22.3 Å². The number of benzene rings is 4. The predicted molar refractivity (Wildman–Crippen MR) is 155 cm³/mol. The highest BCUT2D eigenvalue weighted by atomic mass is 32.2. The van der Waals surface area contributed by atoms with Crippen molar-refractivity contribution >= 4 is 45.0 Å². The maximum absolute atomic E-state index is 12.8. The summed E-state index contributed by atoms with van der Waals surface area (Å²) in [6.07, 6.45) is 0.784. The Kier molecular flexibility index (Phi) is 7.99. The van der Waals surface area contributed by atoms with Crippen molar-refractivity contribution in [3.63, 3.8) is 0 Å². The summed E-state index contributed by atoms with van der Waals surface area (Å²) in [7, 11) is -3.74. The minimum absolute atomic E-state index is 0.0858. The Hall–Kier alpha value is -4.08. The fourth-order valence-electron chi connectivity index (χ4n) is 4.31. The number of nitrogens with zero attached hydrogens (tertiary/aromatic N) is 1. The molecule has 1 aliphatic heterocycles. The second-order valence-electron chi connectivity index (χ2n) is 9.06. The number of rotatable bonds is 9. The summed E-state index contributed by atoms with van der Waals surface area (Å²) in [6.45, 7) is 0.634. The predicted octanol–water partition coefficient (Wildman–Crippen LogP) is 5.56. The molecule has 0 bridgehead atoms. The number of sulfonamides is 1. The van der Waals surface area contributed by atoms with E-state index in [0.29, 0.717) is 29.2 Å². The third-order valence-electron chi connectivity index (χ3n) is 6.36. The van der Waals surface area contributed by atoms with Gasteiger partial charge in [0.25, 0.3) is 15.9 Å². The van der Waals surface area contributed by atoms with Crippen molar-refractivity contribution in [1.29, 1.82) is 0 Å². The van der Waals surface area contributed by atoms with Crippen LogP contribution in [-0.2, 0) is 21.2 Å². The van der Waals surface area contributed by atoms with E-state index in [1.807, 2.05) is 35.2 Å². The van der Waals surface area contributed by atoms with Gasteiger partial charge in [-0.25, -0.2) is 8.42 Å². The first-order valence-electron chi connectivity index (χ1n) is 12.4. The number of thioether (sulfide) groups is 1. The summed E-state index contributed by atoms with van der Waals surface area (Å²) < 4.78 is 27.8. The fourth-order valence-corrected chi connectivity index (χ4v) is 6.58. The van der Waals surface area contributed by atoms with Crippen LogP contribution in [0.1, 0.15) is 26.9 Å². The van der Waals surface area contributed by atoms with E-state index in [9.17, 15) is 18.0 Å². The molecule has 0 spiro atoms. The fraction of sp³-hybridized carbons (Fsp3) is 0.133. The van der Waals surface area contributed by atoms with Crippen LogP contribution in [0.3, 0.4) is 0 Å². The molecule has 39 heavy (non-hydrogen) atoms. The first kappa shape index (κ1) is 26.5. The number of hydrogen-bond donors (Lipinski definition) is 2. The second kappa shape index (κ2) is 11.8. The molecular weight excluding hydrogens is 530 g/mol. The van der Waals surface area contributed by atoms with Crippen molar-refractivity contribution in [3.05, 3.63) is 126 Å². The highest BCUT2D eigenvalue weighted by molar-refractivity contribution is 8.00. The topological polar surface area (TPSA) is 95.6 Å². The van der Waals surface area contributed by atoms with Gasteiger partial charge in [-0.2, -0.15) is 0 Å².